The molecule has 8 heteroatoms. The summed E-state index contributed by atoms with van der Waals surface area (Å²) in [5, 5.41) is 2.18. The number of methoxy groups -OCH3 is 1. The lowest BCUT2D eigenvalue weighted by molar-refractivity contribution is -0.127. The number of nitrogens with zero attached hydrogens (tertiary/aromatic N) is 1. The van der Waals surface area contributed by atoms with Gasteiger partial charge >= 0.3 is 0 Å². The SMILES string of the molecule is COc1ccccc1NC(=O)CN1C(=O)S/C(=C/c2ccccc2OCC(C)C)C1=O. The van der Waals surface area contributed by atoms with E-state index < -0.39 is 17.1 Å². The maximum absolute atomic E-state index is 12.8. The zero-order valence-electron chi connectivity index (χ0n) is 17.6. The first kappa shape index (κ1) is 22.4. The lowest BCUT2D eigenvalue weighted by Crippen LogP contribution is -2.36. The van der Waals surface area contributed by atoms with Crippen LogP contribution in [0.3, 0.4) is 0 Å². The number of rotatable bonds is 8. The van der Waals surface area contributed by atoms with Gasteiger partial charge in [0.25, 0.3) is 11.1 Å². The van der Waals surface area contributed by atoms with Crippen LogP contribution in [0.5, 0.6) is 11.5 Å². The Balaban J connectivity index is 1.72. The number of carbonyl (C=O) groups is 3. The summed E-state index contributed by atoms with van der Waals surface area (Å²) < 4.78 is 11.0. The molecule has 1 N–H and O–H groups in total. The molecule has 0 bridgehead atoms. The Hall–Kier alpha value is -3.26. The van der Waals surface area contributed by atoms with Crippen LogP contribution in [-0.2, 0) is 9.59 Å². The van der Waals surface area contributed by atoms with Crippen LogP contribution in [0.15, 0.2) is 53.4 Å². The van der Waals surface area contributed by atoms with Crippen molar-refractivity contribution in [2.45, 2.75) is 13.8 Å². The van der Waals surface area contributed by atoms with Crippen molar-refractivity contribution >= 4 is 40.6 Å². The molecule has 0 saturated carbocycles. The second-order valence-corrected chi connectivity index (χ2v) is 8.25. The summed E-state index contributed by atoms with van der Waals surface area (Å²) in [6, 6.07) is 14.2. The van der Waals surface area contributed by atoms with Crippen molar-refractivity contribution in [2.75, 3.05) is 25.6 Å². The highest BCUT2D eigenvalue weighted by Crippen LogP contribution is 2.34. The number of amides is 3. The highest BCUT2D eigenvalue weighted by molar-refractivity contribution is 8.18. The molecule has 7 nitrogen and oxygen atoms in total. The summed E-state index contributed by atoms with van der Waals surface area (Å²) in [5.74, 6) is 0.472. The van der Waals surface area contributed by atoms with Gasteiger partial charge in [0.05, 0.1) is 24.3 Å². The van der Waals surface area contributed by atoms with Gasteiger partial charge in [0.15, 0.2) is 0 Å². The summed E-state index contributed by atoms with van der Waals surface area (Å²) in [6.07, 6.45) is 1.62. The number of hydrogen-bond acceptors (Lipinski definition) is 6. The molecule has 0 unspecified atom stereocenters. The average molecular weight is 441 g/mol. The van der Waals surface area contributed by atoms with Crippen LogP contribution in [0.2, 0.25) is 0 Å². The Kier molecular flexibility index (Phi) is 7.36. The summed E-state index contributed by atoms with van der Waals surface area (Å²) in [5.41, 5.74) is 1.17. The molecule has 2 aromatic rings. The van der Waals surface area contributed by atoms with Gasteiger partial charge in [-0.3, -0.25) is 19.3 Å². The van der Waals surface area contributed by atoms with Gasteiger partial charge in [0.2, 0.25) is 5.91 Å². The number of hydrogen-bond donors (Lipinski definition) is 1. The van der Waals surface area contributed by atoms with Crippen molar-refractivity contribution in [3.63, 3.8) is 0 Å². The van der Waals surface area contributed by atoms with E-state index in [1.54, 1.807) is 30.3 Å². The van der Waals surface area contributed by atoms with E-state index in [1.165, 1.54) is 7.11 Å². The molecular formula is C23H24N2O5S. The molecule has 1 fully saturated rings. The normalized spacial score (nSPS) is 15.0. The van der Waals surface area contributed by atoms with Gasteiger partial charge in [-0.2, -0.15) is 0 Å². The Morgan fingerprint density at radius 1 is 1.10 bits per heavy atom. The third-order valence-corrected chi connectivity index (χ3v) is 5.24. The Bertz CT molecular complexity index is 1020. The van der Waals surface area contributed by atoms with E-state index in [4.69, 9.17) is 9.47 Å². The van der Waals surface area contributed by atoms with Gasteiger partial charge in [-0.25, -0.2) is 0 Å². The second-order valence-electron chi connectivity index (χ2n) is 7.26. The largest absolute Gasteiger partial charge is 0.495 e. The fourth-order valence-electron chi connectivity index (χ4n) is 2.85. The smallest absolute Gasteiger partial charge is 0.294 e. The molecule has 3 rings (SSSR count). The number of anilines is 1. The second kappa shape index (κ2) is 10.2. The average Bonchev–Trinajstić information content (AvgIpc) is 3.00. The molecular weight excluding hydrogens is 416 g/mol. The van der Waals surface area contributed by atoms with Gasteiger partial charge in [0.1, 0.15) is 18.0 Å². The predicted octanol–water partition coefficient (Wildman–Crippen LogP) is 4.41. The summed E-state index contributed by atoms with van der Waals surface area (Å²) in [6.45, 7) is 4.25. The van der Waals surface area contributed by atoms with Gasteiger partial charge in [-0.15, -0.1) is 0 Å². The van der Waals surface area contributed by atoms with Crippen LogP contribution in [0.25, 0.3) is 6.08 Å². The van der Waals surface area contributed by atoms with E-state index in [0.29, 0.717) is 35.3 Å². The molecule has 1 aliphatic rings. The number of para-hydroxylation sites is 3. The minimum absolute atomic E-state index is 0.246. The fourth-order valence-corrected chi connectivity index (χ4v) is 3.68. The van der Waals surface area contributed by atoms with Crippen molar-refractivity contribution < 1.29 is 23.9 Å². The highest BCUT2D eigenvalue weighted by atomic mass is 32.2. The number of ether oxygens (including phenoxy) is 2. The van der Waals surface area contributed by atoms with Crippen molar-refractivity contribution in [1.29, 1.82) is 0 Å². The van der Waals surface area contributed by atoms with Crippen molar-refractivity contribution in [3.8, 4) is 11.5 Å². The molecule has 1 aliphatic heterocycles. The minimum atomic E-state index is -0.510. The van der Waals surface area contributed by atoms with E-state index >= 15 is 0 Å². The number of thioether (sulfide) groups is 1. The maximum atomic E-state index is 12.8. The topological polar surface area (TPSA) is 84.9 Å². The quantitative estimate of drug-likeness (QED) is 0.612. The summed E-state index contributed by atoms with van der Waals surface area (Å²) >= 11 is 0.804. The zero-order chi connectivity index (χ0) is 22.4. The van der Waals surface area contributed by atoms with Gasteiger partial charge in [-0.1, -0.05) is 44.2 Å². The highest BCUT2D eigenvalue weighted by Gasteiger charge is 2.36. The Morgan fingerprint density at radius 2 is 1.77 bits per heavy atom. The van der Waals surface area contributed by atoms with Crippen LogP contribution in [0.4, 0.5) is 10.5 Å². The molecule has 0 aromatic heterocycles. The predicted molar refractivity (Wildman–Crippen MR) is 121 cm³/mol. The Labute approximate surface area is 185 Å². The number of carbonyl (C=O) groups excluding carboxylic acids is 3. The lowest BCUT2D eigenvalue weighted by Gasteiger charge is -2.14. The fraction of sp³-hybridized carbons (Fsp3) is 0.261. The van der Waals surface area contributed by atoms with Gasteiger partial charge < -0.3 is 14.8 Å². The van der Waals surface area contributed by atoms with Crippen LogP contribution < -0.4 is 14.8 Å². The molecule has 1 heterocycles. The monoisotopic (exact) mass is 440 g/mol. The van der Waals surface area contributed by atoms with Crippen molar-refractivity contribution in [3.05, 3.63) is 59.0 Å². The van der Waals surface area contributed by atoms with E-state index in [-0.39, 0.29) is 11.4 Å². The molecule has 0 atom stereocenters. The number of nitrogens with one attached hydrogen (secondary N) is 1. The van der Waals surface area contributed by atoms with Gasteiger partial charge in [-0.05, 0) is 42.0 Å². The van der Waals surface area contributed by atoms with Crippen molar-refractivity contribution in [2.24, 2.45) is 5.92 Å². The summed E-state index contributed by atoms with van der Waals surface area (Å²) in [4.78, 5) is 38.8. The molecule has 31 heavy (non-hydrogen) atoms. The molecule has 0 radical (unpaired) electrons. The first-order valence-corrected chi connectivity index (χ1v) is 10.6. The maximum Gasteiger partial charge on any atom is 0.294 e. The molecule has 162 valence electrons. The minimum Gasteiger partial charge on any atom is -0.495 e. The standard InChI is InChI=1S/C23H24N2O5S/c1-15(2)14-30-18-10-6-4-8-16(18)12-20-22(27)25(23(28)31-20)13-21(26)24-17-9-5-7-11-19(17)29-3/h4-12,15H,13-14H2,1-3H3,(H,24,26)/b20-12+. The molecule has 1 saturated heterocycles. The lowest BCUT2D eigenvalue weighted by atomic mass is 10.1. The molecule has 0 spiro atoms. The van der Waals surface area contributed by atoms with E-state index in [0.717, 1.165) is 16.7 Å². The third-order valence-electron chi connectivity index (χ3n) is 4.33. The van der Waals surface area contributed by atoms with E-state index in [1.807, 2.05) is 38.1 Å². The third kappa shape index (κ3) is 5.67. The summed E-state index contributed by atoms with van der Waals surface area (Å²) in [7, 11) is 1.49. The van der Waals surface area contributed by atoms with E-state index in [2.05, 4.69) is 5.32 Å². The first-order valence-electron chi connectivity index (χ1n) is 9.79. The van der Waals surface area contributed by atoms with Crippen LogP contribution in [0.1, 0.15) is 19.4 Å². The molecule has 0 aliphatic carbocycles. The van der Waals surface area contributed by atoms with Crippen LogP contribution in [0, 0.1) is 5.92 Å². The van der Waals surface area contributed by atoms with Crippen LogP contribution >= 0.6 is 11.8 Å². The van der Waals surface area contributed by atoms with Crippen molar-refractivity contribution in [1.82, 2.24) is 4.90 Å². The number of benzene rings is 2. The molecule has 3 amide bonds. The van der Waals surface area contributed by atoms with Crippen LogP contribution in [-0.4, -0.2) is 42.2 Å². The van der Waals surface area contributed by atoms with E-state index in [9.17, 15) is 14.4 Å². The molecule has 2 aromatic carbocycles. The zero-order valence-corrected chi connectivity index (χ0v) is 18.4. The van der Waals surface area contributed by atoms with Gasteiger partial charge in [0, 0.05) is 5.56 Å². The number of imide groups is 1. The first-order chi connectivity index (χ1) is 14.9. The Morgan fingerprint density at radius 3 is 2.48 bits per heavy atom.